The van der Waals surface area contributed by atoms with Gasteiger partial charge in [-0.1, -0.05) is 22.0 Å². The summed E-state index contributed by atoms with van der Waals surface area (Å²) < 4.78 is 2.98. The molecule has 1 unspecified atom stereocenters. The van der Waals surface area contributed by atoms with Gasteiger partial charge in [0, 0.05) is 29.7 Å². The van der Waals surface area contributed by atoms with Crippen molar-refractivity contribution in [2.45, 2.75) is 33.1 Å². The van der Waals surface area contributed by atoms with Crippen molar-refractivity contribution < 1.29 is 4.79 Å². The van der Waals surface area contributed by atoms with E-state index in [1.165, 1.54) is 22.4 Å². The highest BCUT2D eigenvalue weighted by Crippen LogP contribution is 2.29. The van der Waals surface area contributed by atoms with E-state index in [0.29, 0.717) is 6.54 Å². The molecule has 0 saturated heterocycles. The van der Waals surface area contributed by atoms with Crippen molar-refractivity contribution in [3.05, 3.63) is 50.8 Å². The fourth-order valence-electron chi connectivity index (χ4n) is 3.41. The van der Waals surface area contributed by atoms with Crippen molar-refractivity contribution in [1.82, 2.24) is 15.1 Å². The molecule has 1 heterocycles. The van der Waals surface area contributed by atoms with Crippen molar-refractivity contribution in [3.8, 4) is 0 Å². The molecule has 1 aliphatic rings. The molecule has 0 saturated carbocycles. The predicted octanol–water partition coefficient (Wildman–Crippen LogP) is 2.87. The van der Waals surface area contributed by atoms with Crippen LogP contribution in [0, 0.1) is 19.8 Å². The van der Waals surface area contributed by atoms with Gasteiger partial charge in [-0.2, -0.15) is 5.10 Å². The minimum Gasteiger partial charge on any atom is -0.356 e. The molecule has 1 aromatic heterocycles. The topological polar surface area (TPSA) is 46.9 Å². The van der Waals surface area contributed by atoms with E-state index in [9.17, 15) is 4.79 Å². The summed E-state index contributed by atoms with van der Waals surface area (Å²) in [6.45, 7) is 4.76. The molecule has 3 rings (SSSR count). The van der Waals surface area contributed by atoms with E-state index in [-0.39, 0.29) is 11.8 Å². The highest BCUT2D eigenvalue weighted by Gasteiger charge is 2.27. The van der Waals surface area contributed by atoms with Gasteiger partial charge in [0.15, 0.2) is 0 Å². The largest absolute Gasteiger partial charge is 0.356 e. The van der Waals surface area contributed by atoms with E-state index >= 15 is 0 Å². The Morgan fingerprint density at radius 2 is 2.09 bits per heavy atom. The molecule has 0 fully saturated rings. The lowest BCUT2D eigenvalue weighted by Gasteiger charge is -2.10. The van der Waals surface area contributed by atoms with Crippen molar-refractivity contribution in [1.29, 1.82) is 0 Å². The molecule has 1 N–H and O–H groups in total. The van der Waals surface area contributed by atoms with Gasteiger partial charge >= 0.3 is 0 Å². The van der Waals surface area contributed by atoms with E-state index in [0.717, 1.165) is 29.4 Å². The summed E-state index contributed by atoms with van der Waals surface area (Å²) in [6, 6.07) is 6.30. The lowest BCUT2D eigenvalue weighted by atomic mass is 10.1. The summed E-state index contributed by atoms with van der Waals surface area (Å²) in [5, 5.41) is 7.52. The molecule has 4 nitrogen and oxygen atoms in total. The molecule has 0 bridgehead atoms. The fourth-order valence-corrected chi connectivity index (χ4v) is 3.81. The third-order valence-corrected chi connectivity index (χ3v) is 5.30. The van der Waals surface area contributed by atoms with Crippen molar-refractivity contribution >= 4 is 21.8 Å². The average Bonchev–Trinajstić information content (AvgIpc) is 3.02. The number of halogens is 1. The van der Waals surface area contributed by atoms with Gasteiger partial charge in [-0.05, 0) is 61.9 Å². The van der Waals surface area contributed by atoms with E-state index in [2.05, 4.69) is 45.4 Å². The first-order chi connectivity index (χ1) is 11.0. The normalized spacial score (nSPS) is 16.4. The Morgan fingerprint density at radius 1 is 1.35 bits per heavy atom. The van der Waals surface area contributed by atoms with Gasteiger partial charge in [0.05, 0.1) is 5.69 Å². The van der Waals surface area contributed by atoms with Gasteiger partial charge in [-0.25, -0.2) is 0 Å². The van der Waals surface area contributed by atoms with E-state index in [4.69, 9.17) is 0 Å². The predicted molar refractivity (Wildman–Crippen MR) is 94.4 cm³/mol. The highest BCUT2D eigenvalue weighted by molar-refractivity contribution is 9.10. The van der Waals surface area contributed by atoms with Crippen molar-refractivity contribution in [2.24, 2.45) is 13.0 Å². The number of rotatable bonds is 4. The van der Waals surface area contributed by atoms with Crippen LogP contribution in [0.3, 0.4) is 0 Å². The molecule has 23 heavy (non-hydrogen) atoms. The molecule has 122 valence electrons. The molecule has 0 aliphatic heterocycles. The molecule has 0 radical (unpaired) electrons. The van der Waals surface area contributed by atoms with Crippen LogP contribution in [0.1, 0.15) is 28.1 Å². The van der Waals surface area contributed by atoms with Crippen LogP contribution in [0.15, 0.2) is 22.7 Å². The number of amides is 1. The van der Waals surface area contributed by atoms with Gasteiger partial charge in [0.2, 0.25) is 5.91 Å². The van der Waals surface area contributed by atoms with Gasteiger partial charge in [0.25, 0.3) is 0 Å². The summed E-state index contributed by atoms with van der Waals surface area (Å²) in [5.41, 5.74) is 6.06. The van der Waals surface area contributed by atoms with Crippen LogP contribution in [-0.2, 0) is 31.1 Å². The third-order valence-electron chi connectivity index (χ3n) is 4.80. The number of nitrogens with zero attached hydrogens (tertiary/aromatic N) is 2. The maximum atomic E-state index is 12.4. The summed E-state index contributed by atoms with van der Waals surface area (Å²) in [7, 11) is 1.96. The summed E-state index contributed by atoms with van der Waals surface area (Å²) in [6.07, 6.45) is 2.52. The first-order valence-corrected chi connectivity index (χ1v) is 8.79. The maximum Gasteiger partial charge on any atom is 0.223 e. The molecule has 1 aromatic carbocycles. The first kappa shape index (κ1) is 16.2. The van der Waals surface area contributed by atoms with Gasteiger partial charge in [-0.3, -0.25) is 9.48 Å². The Morgan fingerprint density at radius 3 is 2.78 bits per heavy atom. The number of hydrogen-bond donors (Lipinski definition) is 1. The number of carbonyl (C=O) groups is 1. The zero-order valence-electron chi connectivity index (χ0n) is 13.8. The molecule has 0 spiro atoms. The quantitative estimate of drug-likeness (QED) is 0.892. The minimum atomic E-state index is 0.0652. The number of benzene rings is 1. The molecular weight excluding hydrogens is 354 g/mol. The van der Waals surface area contributed by atoms with Gasteiger partial charge in [0.1, 0.15) is 0 Å². The first-order valence-electron chi connectivity index (χ1n) is 7.99. The second-order valence-corrected chi connectivity index (χ2v) is 7.25. The summed E-state index contributed by atoms with van der Waals surface area (Å²) >= 11 is 3.50. The fraction of sp³-hybridized carbons (Fsp3) is 0.444. The monoisotopic (exact) mass is 375 g/mol. The molecular formula is C18H22BrN3O. The Bertz CT molecular complexity index is 751. The molecule has 1 aliphatic carbocycles. The number of nitrogens with one attached hydrogen (secondary N) is 1. The van der Waals surface area contributed by atoms with Gasteiger partial charge in [-0.15, -0.1) is 0 Å². The number of hydrogen-bond acceptors (Lipinski definition) is 2. The lowest BCUT2D eigenvalue weighted by Crippen LogP contribution is -2.32. The Balaban J connectivity index is 1.55. The molecule has 1 amide bonds. The van der Waals surface area contributed by atoms with Crippen molar-refractivity contribution in [2.75, 3.05) is 6.54 Å². The molecule has 5 heteroatoms. The van der Waals surface area contributed by atoms with Crippen LogP contribution in [0.2, 0.25) is 0 Å². The number of fused-ring (bicyclic) bond motifs is 1. The second-order valence-electron chi connectivity index (χ2n) is 6.33. The number of aromatic nitrogens is 2. The Hall–Kier alpha value is -1.62. The van der Waals surface area contributed by atoms with Gasteiger partial charge < -0.3 is 5.32 Å². The third kappa shape index (κ3) is 3.34. The maximum absolute atomic E-state index is 12.4. The molecule has 1 atom stereocenters. The van der Waals surface area contributed by atoms with Crippen LogP contribution >= 0.6 is 15.9 Å². The van der Waals surface area contributed by atoms with E-state index in [1.807, 2.05) is 24.7 Å². The summed E-state index contributed by atoms with van der Waals surface area (Å²) in [5.74, 6) is 0.229. The van der Waals surface area contributed by atoms with Crippen molar-refractivity contribution in [3.63, 3.8) is 0 Å². The standard InChI is InChI=1S/C18H22BrN3O/c1-11-17(12(2)22(3)21-11)6-7-20-18(23)15-8-13-4-5-16(19)10-14(13)9-15/h4-5,10,15H,6-9H2,1-3H3,(H,20,23). The lowest BCUT2D eigenvalue weighted by molar-refractivity contribution is -0.124. The van der Waals surface area contributed by atoms with E-state index in [1.54, 1.807) is 0 Å². The SMILES string of the molecule is Cc1nn(C)c(C)c1CCNC(=O)C1Cc2ccc(Br)cc2C1. The Kier molecular flexibility index (Phi) is 4.57. The van der Waals surface area contributed by atoms with Crippen LogP contribution in [0.4, 0.5) is 0 Å². The second kappa shape index (κ2) is 6.48. The zero-order chi connectivity index (χ0) is 16.6. The molecule has 2 aromatic rings. The van der Waals surface area contributed by atoms with E-state index < -0.39 is 0 Å². The zero-order valence-corrected chi connectivity index (χ0v) is 15.4. The average molecular weight is 376 g/mol. The van der Waals surface area contributed by atoms with Crippen LogP contribution < -0.4 is 5.32 Å². The van der Waals surface area contributed by atoms with Crippen LogP contribution in [-0.4, -0.2) is 22.2 Å². The Labute approximate surface area is 145 Å². The summed E-state index contributed by atoms with van der Waals surface area (Å²) in [4.78, 5) is 12.4. The minimum absolute atomic E-state index is 0.0652. The smallest absolute Gasteiger partial charge is 0.223 e. The van der Waals surface area contributed by atoms with Crippen LogP contribution in [0.5, 0.6) is 0 Å². The number of carbonyl (C=O) groups excluding carboxylic acids is 1. The number of aryl methyl sites for hydroxylation is 2. The van der Waals surface area contributed by atoms with Crippen LogP contribution in [0.25, 0.3) is 0 Å². The highest BCUT2D eigenvalue weighted by atomic mass is 79.9.